The van der Waals surface area contributed by atoms with Gasteiger partial charge in [0, 0.05) is 31.4 Å². The van der Waals surface area contributed by atoms with Gasteiger partial charge in [0.25, 0.3) is 0 Å². The minimum atomic E-state index is -0.00861. The molecule has 0 radical (unpaired) electrons. The van der Waals surface area contributed by atoms with Crippen molar-refractivity contribution >= 4 is 5.91 Å². The lowest BCUT2D eigenvalue weighted by atomic mass is 9.96. The highest BCUT2D eigenvalue weighted by molar-refractivity contribution is 5.79. The molecule has 2 aromatic rings. The molecule has 0 unspecified atom stereocenters. The summed E-state index contributed by atoms with van der Waals surface area (Å²) in [4.78, 5) is 15.1. The molecule has 2 heterocycles. The molecule has 1 N–H and O–H groups in total. The molecular formula is C20H28N4O. The first kappa shape index (κ1) is 17.7. The Labute approximate surface area is 150 Å². The molecule has 0 aliphatic carbocycles. The second kappa shape index (κ2) is 7.83. The molecule has 0 spiro atoms. The highest BCUT2D eigenvalue weighted by atomic mass is 16.2. The second-order valence-corrected chi connectivity index (χ2v) is 7.10. The molecule has 1 fully saturated rings. The fourth-order valence-corrected chi connectivity index (χ4v) is 3.60. The van der Waals surface area contributed by atoms with Gasteiger partial charge >= 0.3 is 0 Å². The minimum Gasteiger partial charge on any atom is -0.349 e. The Morgan fingerprint density at radius 1 is 1.36 bits per heavy atom. The van der Waals surface area contributed by atoms with Crippen LogP contribution < -0.4 is 5.32 Å². The highest BCUT2D eigenvalue weighted by Crippen LogP contribution is 2.21. The molecule has 0 bridgehead atoms. The van der Waals surface area contributed by atoms with Crippen molar-refractivity contribution in [2.45, 2.75) is 39.3 Å². The third-order valence-electron chi connectivity index (χ3n) is 5.22. The molecule has 1 aliphatic rings. The lowest BCUT2D eigenvalue weighted by Gasteiger charge is -2.32. The summed E-state index contributed by atoms with van der Waals surface area (Å²) in [5.41, 5.74) is 3.50. The van der Waals surface area contributed by atoms with E-state index in [1.54, 1.807) is 0 Å². The average molecular weight is 340 g/mol. The maximum atomic E-state index is 12.7. The Morgan fingerprint density at radius 3 is 2.80 bits per heavy atom. The van der Waals surface area contributed by atoms with E-state index in [0.29, 0.717) is 0 Å². The van der Waals surface area contributed by atoms with E-state index in [1.807, 2.05) is 37.8 Å². The number of piperidine rings is 1. The van der Waals surface area contributed by atoms with Gasteiger partial charge in [-0.1, -0.05) is 30.3 Å². The van der Waals surface area contributed by atoms with Crippen LogP contribution in [0.25, 0.3) is 0 Å². The van der Waals surface area contributed by atoms with Crippen molar-refractivity contribution in [1.29, 1.82) is 0 Å². The molecule has 1 amide bonds. The monoisotopic (exact) mass is 340 g/mol. The molecule has 5 nitrogen and oxygen atoms in total. The molecular weight excluding hydrogens is 312 g/mol. The van der Waals surface area contributed by atoms with Gasteiger partial charge < -0.3 is 5.32 Å². The van der Waals surface area contributed by atoms with E-state index in [4.69, 9.17) is 0 Å². The molecule has 3 rings (SSSR count). The van der Waals surface area contributed by atoms with Crippen molar-refractivity contribution < 1.29 is 4.79 Å². The maximum Gasteiger partial charge on any atom is 0.224 e. The predicted molar refractivity (Wildman–Crippen MR) is 98.9 cm³/mol. The van der Waals surface area contributed by atoms with E-state index >= 15 is 0 Å². The predicted octanol–water partition coefficient (Wildman–Crippen LogP) is 2.82. The Kier molecular flexibility index (Phi) is 5.53. The Hall–Kier alpha value is -2.14. The van der Waals surface area contributed by atoms with Crippen molar-refractivity contribution in [3.05, 3.63) is 53.3 Å². The minimum absolute atomic E-state index is 0.00861. The van der Waals surface area contributed by atoms with E-state index in [9.17, 15) is 4.79 Å². The summed E-state index contributed by atoms with van der Waals surface area (Å²) in [6.45, 7) is 6.89. The number of aromatic nitrogens is 2. The molecule has 25 heavy (non-hydrogen) atoms. The van der Waals surface area contributed by atoms with Crippen LogP contribution in [0.5, 0.6) is 0 Å². The van der Waals surface area contributed by atoms with E-state index in [-0.39, 0.29) is 17.9 Å². The lowest BCUT2D eigenvalue weighted by molar-refractivity contribution is -0.127. The average Bonchev–Trinajstić information content (AvgIpc) is 2.95. The largest absolute Gasteiger partial charge is 0.349 e. The van der Waals surface area contributed by atoms with Crippen LogP contribution in [0.15, 0.2) is 36.5 Å². The number of aryl methyl sites for hydroxylation is 1. The summed E-state index contributed by atoms with van der Waals surface area (Å²) in [5.74, 6) is 0.227. The first-order valence-electron chi connectivity index (χ1n) is 9.09. The van der Waals surface area contributed by atoms with Crippen LogP contribution in [-0.4, -0.2) is 33.7 Å². The zero-order chi connectivity index (χ0) is 17.8. The van der Waals surface area contributed by atoms with Crippen LogP contribution in [-0.2, 0) is 18.4 Å². The van der Waals surface area contributed by atoms with Gasteiger partial charge in [0.1, 0.15) is 0 Å². The molecule has 2 atom stereocenters. The topological polar surface area (TPSA) is 50.2 Å². The van der Waals surface area contributed by atoms with E-state index in [1.165, 1.54) is 5.56 Å². The molecule has 5 heteroatoms. The Morgan fingerprint density at radius 2 is 2.12 bits per heavy atom. The number of amides is 1. The summed E-state index contributed by atoms with van der Waals surface area (Å²) in [6, 6.07) is 10.5. The van der Waals surface area contributed by atoms with Gasteiger partial charge in [-0.3, -0.25) is 14.4 Å². The normalized spacial score (nSPS) is 19.6. The maximum absolute atomic E-state index is 12.7. The summed E-state index contributed by atoms with van der Waals surface area (Å²) in [5, 5.41) is 7.46. The van der Waals surface area contributed by atoms with Crippen LogP contribution >= 0.6 is 0 Å². The number of nitrogens with zero attached hydrogens (tertiary/aromatic N) is 3. The smallest absolute Gasteiger partial charge is 0.224 e. The third kappa shape index (κ3) is 4.28. The second-order valence-electron chi connectivity index (χ2n) is 7.10. The van der Waals surface area contributed by atoms with Crippen molar-refractivity contribution in [3.63, 3.8) is 0 Å². The van der Waals surface area contributed by atoms with Crippen LogP contribution in [0.3, 0.4) is 0 Å². The first-order valence-corrected chi connectivity index (χ1v) is 9.09. The van der Waals surface area contributed by atoms with Crippen molar-refractivity contribution in [2.24, 2.45) is 13.0 Å². The van der Waals surface area contributed by atoms with E-state index < -0.39 is 0 Å². The molecule has 1 aromatic heterocycles. The number of hydrogen-bond acceptors (Lipinski definition) is 3. The zero-order valence-electron chi connectivity index (χ0n) is 15.4. The highest BCUT2D eigenvalue weighted by Gasteiger charge is 2.27. The molecule has 134 valence electrons. The number of benzene rings is 1. The van der Waals surface area contributed by atoms with Crippen LogP contribution in [0.1, 0.15) is 42.6 Å². The van der Waals surface area contributed by atoms with Crippen LogP contribution in [0.4, 0.5) is 0 Å². The Bertz CT molecular complexity index is 710. The fourth-order valence-electron chi connectivity index (χ4n) is 3.60. The van der Waals surface area contributed by atoms with Crippen molar-refractivity contribution in [3.8, 4) is 0 Å². The summed E-state index contributed by atoms with van der Waals surface area (Å²) in [6.07, 6.45) is 3.89. The summed E-state index contributed by atoms with van der Waals surface area (Å²) in [7, 11) is 1.93. The standard InChI is InChI=1S/C20H28N4O/c1-15(19-12-21-23(3)16(19)2)22-20(25)18-10-7-11-24(14-18)13-17-8-5-4-6-9-17/h4-6,8-9,12,15,18H,7,10-11,13-14H2,1-3H3,(H,22,25)/t15-,18-/m1/s1. The van der Waals surface area contributed by atoms with Gasteiger partial charge in [0.05, 0.1) is 18.2 Å². The van der Waals surface area contributed by atoms with Crippen molar-refractivity contribution in [1.82, 2.24) is 20.0 Å². The number of carbonyl (C=O) groups excluding carboxylic acids is 1. The van der Waals surface area contributed by atoms with Crippen molar-refractivity contribution in [2.75, 3.05) is 13.1 Å². The first-order chi connectivity index (χ1) is 12.0. The number of likely N-dealkylation sites (tertiary alicyclic amines) is 1. The SMILES string of the molecule is Cc1c([C@@H](C)NC(=O)[C@@H]2CCCN(Cc3ccccc3)C2)cnn1C. The van der Waals surface area contributed by atoms with E-state index in [0.717, 1.165) is 43.7 Å². The number of carbonyl (C=O) groups is 1. The Balaban J connectivity index is 1.57. The van der Waals surface area contributed by atoms with Gasteiger partial charge in [-0.15, -0.1) is 0 Å². The molecule has 0 saturated carbocycles. The van der Waals surface area contributed by atoms with Gasteiger partial charge in [-0.05, 0) is 38.8 Å². The van der Waals surface area contributed by atoms with Gasteiger partial charge in [0.15, 0.2) is 0 Å². The number of rotatable bonds is 5. The number of hydrogen-bond donors (Lipinski definition) is 1. The van der Waals surface area contributed by atoms with Crippen LogP contribution in [0, 0.1) is 12.8 Å². The van der Waals surface area contributed by atoms with Gasteiger partial charge in [0.2, 0.25) is 5.91 Å². The number of nitrogens with one attached hydrogen (secondary N) is 1. The zero-order valence-corrected chi connectivity index (χ0v) is 15.4. The molecule has 1 saturated heterocycles. The van der Waals surface area contributed by atoms with Crippen LogP contribution in [0.2, 0.25) is 0 Å². The van der Waals surface area contributed by atoms with Gasteiger partial charge in [-0.25, -0.2) is 0 Å². The molecule has 1 aromatic carbocycles. The molecule has 1 aliphatic heterocycles. The summed E-state index contributed by atoms with van der Waals surface area (Å²) >= 11 is 0. The van der Waals surface area contributed by atoms with Gasteiger partial charge in [-0.2, -0.15) is 5.10 Å². The third-order valence-corrected chi connectivity index (χ3v) is 5.22. The van der Waals surface area contributed by atoms with E-state index in [2.05, 4.69) is 39.6 Å². The quantitative estimate of drug-likeness (QED) is 0.910. The fraction of sp³-hybridized carbons (Fsp3) is 0.500. The summed E-state index contributed by atoms with van der Waals surface area (Å²) < 4.78 is 1.85. The lowest BCUT2D eigenvalue weighted by Crippen LogP contribution is -2.43.